The quantitative estimate of drug-likeness (QED) is 0.0281. The van der Waals surface area contributed by atoms with E-state index < -0.39 is 18.1 Å². The van der Waals surface area contributed by atoms with Crippen molar-refractivity contribution in [1.82, 2.24) is 0 Å². The predicted molar refractivity (Wildman–Crippen MR) is 271 cm³/mol. The van der Waals surface area contributed by atoms with Gasteiger partial charge in [0.1, 0.15) is 6.61 Å². The lowest BCUT2D eigenvalue weighted by molar-refractivity contribution is -0.887. The van der Waals surface area contributed by atoms with Crippen LogP contribution in [0.5, 0.6) is 0 Å². The monoisotopic (exact) mass is 903 g/mol. The standard InChI is InChI=1S/C56H103NO7/c1-6-8-10-12-14-16-18-20-22-24-25-26-27-28-29-31-33-35-37-39-41-43-45-47-55(59)64-52(50-62-49-48-53(56(60)61)57(3,4)5)51-63-54(58)46-44-42-40-38-36-34-32-30-23-21-19-17-15-13-11-9-7-2/h18,20-21,23-25,52-53H,6-17,19,22,26-51H2,1-5H3/p+1/b20-18-,23-21-,25-24-. The Kier molecular flexibility index (Phi) is 45.3. The molecule has 2 atom stereocenters. The van der Waals surface area contributed by atoms with E-state index in [1.54, 1.807) is 0 Å². The molecule has 0 bridgehead atoms. The molecule has 1 N–H and O–H groups in total. The first kappa shape index (κ1) is 61.5. The second-order valence-electron chi connectivity index (χ2n) is 19.5. The van der Waals surface area contributed by atoms with Gasteiger partial charge in [-0.15, -0.1) is 0 Å². The van der Waals surface area contributed by atoms with Crippen LogP contribution in [0.3, 0.4) is 0 Å². The molecule has 0 spiro atoms. The number of allylic oxidation sites excluding steroid dienone is 6. The minimum Gasteiger partial charge on any atom is -0.477 e. The van der Waals surface area contributed by atoms with E-state index in [0.717, 1.165) is 44.9 Å². The van der Waals surface area contributed by atoms with Gasteiger partial charge < -0.3 is 23.8 Å². The van der Waals surface area contributed by atoms with Gasteiger partial charge in [-0.3, -0.25) is 9.59 Å². The van der Waals surface area contributed by atoms with E-state index in [-0.39, 0.29) is 36.2 Å². The van der Waals surface area contributed by atoms with Crippen LogP contribution in [0.2, 0.25) is 0 Å². The summed E-state index contributed by atoms with van der Waals surface area (Å²) in [5.41, 5.74) is 0. The molecule has 0 fully saturated rings. The van der Waals surface area contributed by atoms with Crippen molar-refractivity contribution in [2.24, 2.45) is 0 Å². The van der Waals surface area contributed by atoms with Crippen molar-refractivity contribution in [3.05, 3.63) is 36.5 Å². The van der Waals surface area contributed by atoms with Crippen molar-refractivity contribution in [2.45, 2.75) is 264 Å². The van der Waals surface area contributed by atoms with Crippen molar-refractivity contribution >= 4 is 17.9 Å². The number of likely N-dealkylation sites (N-methyl/N-ethyl adjacent to an activating group) is 1. The van der Waals surface area contributed by atoms with Gasteiger partial charge in [-0.05, 0) is 70.6 Å². The third-order valence-corrected chi connectivity index (χ3v) is 12.3. The minimum absolute atomic E-state index is 0.0517. The SMILES string of the molecule is CCCCCCC/C=C\C/C=C\CCCCCCCCCCCCCC(=O)OC(COCCC(C(=O)O)[N+](C)(C)C)COC(=O)CCCCCCCCC/C=C\CCCCCCCC. The maximum absolute atomic E-state index is 12.8. The van der Waals surface area contributed by atoms with Gasteiger partial charge in [-0.25, -0.2) is 4.79 Å². The molecule has 64 heavy (non-hydrogen) atoms. The first-order chi connectivity index (χ1) is 31.1. The number of unbranched alkanes of at least 4 members (excludes halogenated alkanes) is 29. The topological polar surface area (TPSA) is 99.1 Å². The summed E-state index contributed by atoms with van der Waals surface area (Å²) in [7, 11) is 5.54. The van der Waals surface area contributed by atoms with Crippen LogP contribution in [0.4, 0.5) is 0 Å². The lowest BCUT2D eigenvalue weighted by Crippen LogP contribution is -2.50. The highest BCUT2D eigenvalue weighted by molar-refractivity contribution is 5.72. The number of quaternary nitrogens is 1. The van der Waals surface area contributed by atoms with Crippen molar-refractivity contribution in [3.8, 4) is 0 Å². The molecule has 374 valence electrons. The Morgan fingerprint density at radius 2 is 0.828 bits per heavy atom. The third-order valence-electron chi connectivity index (χ3n) is 12.3. The summed E-state index contributed by atoms with van der Waals surface area (Å²) in [6.07, 6.45) is 56.2. The molecule has 8 nitrogen and oxygen atoms in total. The van der Waals surface area contributed by atoms with Gasteiger partial charge in [-0.2, -0.15) is 0 Å². The van der Waals surface area contributed by atoms with E-state index in [2.05, 4.69) is 50.3 Å². The predicted octanol–water partition coefficient (Wildman–Crippen LogP) is 15.8. The van der Waals surface area contributed by atoms with Gasteiger partial charge in [0.05, 0.1) is 34.4 Å². The molecule has 0 saturated heterocycles. The van der Waals surface area contributed by atoms with Crippen LogP contribution in [0.15, 0.2) is 36.5 Å². The highest BCUT2D eigenvalue weighted by atomic mass is 16.6. The molecule has 2 unspecified atom stereocenters. The fourth-order valence-corrected chi connectivity index (χ4v) is 8.06. The number of nitrogens with zero attached hydrogens (tertiary/aromatic N) is 1. The fourth-order valence-electron chi connectivity index (χ4n) is 8.06. The van der Waals surface area contributed by atoms with Gasteiger partial charge in [0.25, 0.3) is 0 Å². The number of carboxylic acid groups (broad SMARTS) is 1. The Bertz CT molecular complexity index is 1140. The Labute approximate surface area is 395 Å². The average Bonchev–Trinajstić information content (AvgIpc) is 3.26. The molecular weight excluding hydrogens is 799 g/mol. The number of esters is 2. The van der Waals surface area contributed by atoms with Crippen LogP contribution in [0.1, 0.15) is 251 Å². The Balaban J connectivity index is 4.20. The van der Waals surface area contributed by atoms with Crippen molar-refractivity contribution < 1.29 is 38.2 Å². The summed E-state index contributed by atoms with van der Waals surface area (Å²) in [4.78, 5) is 37.2. The Morgan fingerprint density at radius 1 is 0.469 bits per heavy atom. The molecule has 8 heteroatoms. The van der Waals surface area contributed by atoms with Crippen LogP contribution in [0.25, 0.3) is 0 Å². The Morgan fingerprint density at radius 3 is 1.22 bits per heavy atom. The number of carboxylic acids is 1. The van der Waals surface area contributed by atoms with Crippen molar-refractivity contribution in [2.75, 3.05) is 41.0 Å². The zero-order valence-corrected chi connectivity index (χ0v) is 42.7. The zero-order valence-electron chi connectivity index (χ0n) is 42.7. The molecular formula is C56H104NO7+. The minimum atomic E-state index is -0.873. The van der Waals surface area contributed by atoms with Gasteiger partial charge >= 0.3 is 17.9 Å². The highest BCUT2D eigenvalue weighted by Crippen LogP contribution is 2.16. The first-order valence-electron chi connectivity index (χ1n) is 27.0. The summed E-state index contributed by atoms with van der Waals surface area (Å²) >= 11 is 0. The summed E-state index contributed by atoms with van der Waals surface area (Å²) in [5, 5.41) is 9.66. The second kappa shape index (κ2) is 47.1. The number of aliphatic carboxylic acids is 1. The van der Waals surface area contributed by atoms with Crippen LogP contribution in [0, 0.1) is 0 Å². The van der Waals surface area contributed by atoms with Gasteiger partial charge in [0, 0.05) is 19.3 Å². The third kappa shape index (κ3) is 44.7. The lowest BCUT2D eigenvalue weighted by Gasteiger charge is -2.31. The van der Waals surface area contributed by atoms with E-state index in [1.165, 1.54) is 173 Å². The van der Waals surface area contributed by atoms with Crippen molar-refractivity contribution in [1.29, 1.82) is 0 Å². The average molecular weight is 903 g/mol. The maximum Gasteiger partial charge on any atom is 0.362 e. The van der Waals surface area contributed by atoms with Crippen molar-refractivity contribution in [3.63, 3.8) is 0 Å². The van der Waals surface area contributed by atoms with E-state index in [1.807, 2.05) is 21.1 Å². The summed E-state index contributed by atoms with van der Waals surface area (Å²) in [6.45, 7) is 4.75. The van der Waals surface area contributed by atoms with Gasteiger partial charge in [-0.1, -0.05) is 198 Å². The first-order valence-corrected chi connectivity index (χ1v) is 27.0. The number of hydrogen-bond donors (Lipinski definition) is 1. The molecule has 0 rings (SSSR count). The number of carbonyl (C=O) groups is 3. The fraction of sp³-hybridized carbons (Fsp3) is 0.839. The normalized spacial score (nSPS) is 13.1. The number of ether oxygens (including phenoxy) is 3. The van der Waals surface area contributed by atoms with Crippen LogP contribution in [-0.4, -0.2) is 80.6 Å². The van der Waals surface area contributed by atoms with Crippen LogP contribution >= 0.6 is 0 Å². The molecule has 0 aromatic carbocycles. The summed E-state index contributed by atoms with van der Waals surface area (Å²) in [5.74, 6) is -1.46. The summed E-state index contributed by atoms with van der Waals surface area (Å²) in [6, 6.07) is -0.615. The number of rotatable bonds is 49. The second-order valence-corrected chi connectivity index (χ2v) is 19.5. The highest BCUT2D eigenvalue weighted by Gasteiger charge is 2.31. The Hall–Kier alpha value is -2.45. The molecule has 0 aliphatic rings. The molecule has 0 amide bonds. The van der Waals surface area contributed by atoms with Gasteiger partial charge in [0.2, 0.25) is 0 Å². The van der Waals surface area contributed by atoms with E-state index >= 15 is 0 Å². The van der Waals surface area contributed by atoms with Crippen LogP contribution in [-0.2, 0) is 28.6 Å². The largest absolute Gasteiger partial charge is 0.477 e. The van der Waals surface area contributed by atoms with Crippen LogP contribution < -0.4 is 0 Å². The van der Waals surface area contributed by atoms with E-state index in [4.69, 9.17) is 14.2 Å². The molecule has 0 radical (unpaired) electrons. The van der Waals surface area contributed by atoms with E-state index in [0.29, 0.717) is 19.3 Å². The molecule has 0 saturated carbocycles. The maximum atomic E-state index is 12.8. The molecule has 0 aromatic rings. The zero-order chi connectivity index (χ0) is 47.0. The molecule has 0 aliphatic carbocycles. The smallest absolute Gasteiger partial charge is 0.362 e. The van der Waals surface area contributed by atoms with E-state index in [9.17, 15) is 19.5 Å². The molecule has 0 aromatic heterocycles. The number of carbonyl (C=O) groups excluding carboxylic acids is 2. The lowest BCUT2D eigenvalue weighted by atomic mass is 10.0. The van der Waals surface area contributed by atoms with Gasteiger partial charge in [0.15, 0.2) is 12.1 Å². The summed E-state index contributed by atoms with van der Waals surface area (Å²) < 4.78 is 17.4. The number of hydrogen-bond acceptors (Lipinski definition) is 6. The molecule has 0 aliphatic heterocycles. The molecule has 0 heterocycles.